The molecule has 4 aromatic rings. The molecule has 0 unspecified atom stereocenters. The van der Waals surface area contributed by atoms with Crippen molar-refractivity contribution in [3.05, 3.63) is 65.6 Å². The molecule has 4 rings (SSSR count). The zero-order valence-corrected chi connectivity index (χ0v) is 14.2. The number of thioether (sulfide) groups is 1. The molecule has 0 amide bonds. The number of aromatic nitrogens is 5. The lowest BCUT2D eigenvalue weighted by molar-refractivity contribution is 0.575. The molecule has 0 bridgehead atoms. The minimum Gasteiger partial charge on any atom is -0.444 e. The monoisotopic (exact) mass is 355 g/mol. The average molecular weight is 355 g/mol. The average Bonchev–Trinajstić information content (AvgIpc) is 3.37. The maximum absolute atomic E-state index is 5.53. The van der Waals surface area contributed by atoms with E-state index in [4.69, 9.17) is 4.42 Å². The van der Waals surface area contributed by atoms with E-state index in [0.29, 0.717) is 11.6 Å². The highest BCUT2D eigenvalue weighted by atomic mass is 32.2. The molecular formula is C16H13N5OS2. The molecular weight excluding hydrogens is 342 g/mol. The fourth-order valence-corrected chi connectivity index (χ4v) is 3.66. The first kappa shape index (κ1) is 15.1. The molecule has 120 valence electrons. The summed E-state index contributed by atoms with van der Waals surface area (Å²) in [4.78, 5) is 5.56. The summed E-state index contributed by atoms with van der Waals surface area (Å²) in [7, 11) is 0. The molecule has 0 saturated carbocycles. The minimum absolute atomic E-state index is 0.676. The number of thiophene rings is 1. The largest absolute Gasteiger partial charge is 0.444 e. The molecule has 0 fully saturated rings. The van der Waals surface area contributed by atoms with Gasteiger partial charge in [0.15, 0.2) is 5.82 Å². The Bertz CT molecular complexity index is 902. The van der Waals surface area contributed by atoms with Crippen LogP contribution in [-0.2, 0) is 11.5 Å². The van der Waals surface area contributed by atoms with Gasteiger partial charge in [0.2, 0.25) is 5.89 Å². The summed E-state index contributed by atoms with van der Waals surface area (Å²) in [6, 6.07) is 13.9. The van der Waals surface area contributed by atoms with Crippen LogP contribution in [0.1, 0.15) is 11.5 Å². The SMILES string of the molecule is c1ccc(-n2nnnc2CSCc2coc(-c3cccs3)n2)cc1. The van der Waals surface area contributed by atoms with Gasteiger partial charge in [0, 0.05) is 5.75 Å². The van der Waals surface area contributed by atoms with Crippen molar-refractivity contribution >= 4 is 23.1 Å². The molecule has 0 atom stereocenters. The minimum atomic E-state index is 0.676. The van der Waals surface area contributed by atoms with Crippen LogP contribution in [0.25, 0.3) is 16.5 Å². The summed E-state index contributed by atoms with van der Waals surface area (Å²) < 4.78 is 7.29. The molecule has 3 heterocycles. The Kier molecular flexibility index (Phi) is 4.39. The van der Waals surface area contributed by atoms with Crippen LogP contribution in [-0.4, -0.2) is 25.2 Å². The lowest BCUT2D eigenvalue weighted by atomic mass is 10.3. The van der Waals surface area contributed by atoms with Crippen LogP contribution >= 0.6 is 23.1 Å². The highest BCUT2D eigenvalue weighted by molar-refractivity contribution is 7.97. The van der Waals surface area contributed by atoms with Crippen LogP contribution < -0.4 is 0 Å². The maximum atomic E-state index is 5.53. The third-order valence-corrected chi connectivity index (χ3v) is 5.12. The third kappa shape index (κ3) is 3.24. The van der Waals surface area contributed by atoms with Crippen LogP contribution in [0, 0.1) is 0 Å². The number of hydrogen-bond donors (Lipinski definition) is 0. The van der Waals surface area contributed by atoms with Crippen LogP contribution in [0.15, 0.2) is 58.5 Å². The Morgan fingerprint density at radius 3 is 2.83 bits per heavy atom. The number of rotatable bonds is 6. The van der Waals surface area contributed by atoms with Gasteiger partial charge in [0.25, 0.3) is 0 Å². The van der Waals surface area contributed by atoms with Gasteiger partial charge in [-0.3, -0.25) is 0 Å². The zero-order chi connectivity index (χ0) is 16.2. The van der Waals surface area contributed by atoms with Gasteiger partial charge < -0.3 is 4.42 Å². The quantitative estimate of drug-likeness (QED) is 0.524. The highest BCUT2D eigenvalue weighted by Crippen LogP contribution is 2.25. The van der Waals surface area contributed by atoms with E-state index in [9.17, 15) is 0 Å². The molecule has 8 heteroatoms. The first-order valence-electron chi connectivity index (χ1n) is 7.29. The van der Waals surface area contributed by atoms with Crippen LogP contribution in [0.2, 0.25) is 0 Å². The number of tetrazole rings is 1. The first-order chi connectivity index (χ1) is 11.9. The predicted molar refractivity (Wildman–Crippen MR) is 94.0 cm³/mol. The van der Waals surface area contributed by atoms with Crippen molar-refractivity contribution in [1.82, 2.24) is 25.2 Å². The summed E-state index contributed by atoms with van der Waals surface area (Å²) in [5.41, 5.74) is 1.88. The Hall–Kier alpha value is -2.45. The normalized spacial score (nSPS) is 11.0. The predicted octanol–water partition coefficient (Wildman–Crippen LogP) is 3.81. The van der Waals surface area contributed by atoms with E-state index in [-0.39, 0.29) is 0 Å². The van der Waals surface area contributed by atoms with E-state index < -0.39 is 0 Å². The molecule has 0 saturated heterocycles. The summed E-state index contributed by atoms with van der Waals surface area (Å²) in [5.74, 6) is 2.93. The Balaban J connectivity index is 1.39. The third-order valence-electron chi connectivity index (χ3n) is 3.30. The van der Waals surface area contributed by atoms with Crippen LogP contribution in [0.4, 0.5) is 0 Å². The molecule has 6 nitrogen and oxygen atoms in total. The van der Waals surface area contributed by atoms with Crippen molar-refractivity contribution in [3.63, 3.8) is 0 Å². The van der Waals surface area contributed by atoms with Gasteiger partial charge in [-0.2, -0.15) is 4.68 Å². The lowest BCUT2D eigenvalue weighted by Gasteiger charge is -2.03. The fourth-order valence-electron chi connectivity index (χ4n) is 2.20. The number of benzene rings is 1. The van der Waals surface area contributed by atoms with Gasteiger partial charge in [-0.05, 0) is 34.0 Å². The molecule has 0 spiro atoms. The van der Waals surface area contributed by atoms with Crippen molar-refractivity contribution < 1.29 is 4.42 Å². The van der Waals surface area contributed by atoms with E-state index >= 15 is 0 Å². The van der Waals surface area contributed by atoms with Crippen molar-refractivity contribution in [2.24, 2.45) is 0 Å². The Labute approximate surface area is 146 Å². The summed E-state index contributed by atoms with van der Waals surface area (Å²) in [6.45, 7) is 0. The second-order valence-corrected chi connectivity index (χ2v) is 6.89. The van der Waals surface area contributed by atoms with Crippen LogP contribution in [0.5, 0.6) is 0 Å². The molecule has 3 aromatic heterocycles. The van der Waals surface area contributed by atoms with E-state index in [2.05, 4.69) is 20.5 Å². The second-order valence-electron chi connectivity index (χ2n) is 4.96. The molecule has 1 aromatic carbocycles. The molecule has 0 aliphatic rings. The second kappa shape index (κ2) is 6.98. The Morgan fingerprint density at radius 2 is 2.00 bits per heavy atom. The van der Waals surface area contributed by atoms with Crippen molar-refractivity contribution in [2.45, 2.75) is 11.5 Å². The van der Waals surface area contributed by atoms with Gasteiger partial charge in [0.05, 0.1) is 22.0 Å². The van der Waals surface area contributed by atoms with Crippen molar-refractivity contribution in [3.8, 4) is 16.5 Å². The number of para-hydroxylation sites is 1. The van der Waals surface area contributed by atoms with Gasteiger partial charge in [0.1, 0.15) is 6.26 Å². The number of nitrogens with zero attached hydrogens (tertiary/aromatic N) is 5. The smallest absolute Gasteiger partial charge is 0.236 e. The summed E-state index contributed by atoms with van der Waals surface area (Å²) in [5, 5.41) is 14.0. The van der Waals surface area contributed by atoms with Gasteiger partial charge in [-0.1, -0.05) is 24.3 Å². The zero-order valence-electron chi connectivity index (χ0n) is 12.6. The van der Waals surface area contributed by atoms with E-state index in [1.165, 1.54) is 0 Å². The molecule has 0 aliphatic heterocycles. The van der Waals surface area contributed by atoms with Gasteiger partial charge in [-0.15, -0.1) is 28.2 Å². The van der Waals surface area contributed by atoms with Crippen molar-refractivity contribution in [1.29, 1.82) is 0 Å². The summed E-state index contributed by atoms with van der Waals surface area (Å²) >= 11 is 3.32. The van der Waals surface area contributed by atoms with E-state index in [1.807, 2.05) is 47.8 Å². The van der Waals surface area contributed by atoms with Crippen LogP contribution in [0.3, 0.4) is 0 Å². The standard InChI is InChI=1S/C16H13N5OS2/c1-2-5-13(6-3-1)21-15(18-19-20-21)11-23-10-12-9-22-16(17-12)14-7-4-8-24-14/h1-9H,10-11H2. The molecule has 0 N–H and O–H groups in total. The number of hydrogen-bond acceptors (Lipinski definition) is 7. The number of oxazole rings is 1. The molecule has 24 heavy (non-hydrogen) atoms. The van der Waals surface area contributed by atoms with E-state index in [1.54, 1.807) is 34.0 Å². The van der Waals surface area contributed by atoms with Crippen molar-refractivity contribution in [2.75, 3.05) is 0 Å². The lowest BCUT2D eigenvalue weighted by Crippen LogP contribution is -2.02. The van der Waals surface area contributed by atoms with Gasteiger partial charge >= 0.3 is 0 Å². The summed E-state index contributed by atoms with van der Waals surface area (Å²) in [6.07, 6.45) is 1.71. The molecule has 0 radical (unpaired) electrons. The topological polar surface area (TPSA) is 69.6 Å². The Morgan fingerprint density at radius 1 is 1.08 bits per heavy atom. The fraction of sp³-hybridized carbons (Fsp3) is 0.125. The molecule has 0 aliphatic carbocycles. The van der Waals surface area contributed by atoms with E-state index in [0.717, 1.165) is 27.8 Å². The first-order valence-corrected chi connectivity index (χ1v) is 9.32. The maximum Gasteiger partial charge on any atom is 0.236 e. The highest BCUT2D eigenvalue weighted by Gasteiger charge is 2.10. The van der Waals surface area contributed by atoms with Gasteiger partial charge in [-0.25, -0.2) is 4.98 Å².